The number of carbonyl (C=O) groups excluding carboxylic acids is 1. The Morgan fingerprint density at radius 1 is 1.33 bits per heavy atom. The highest BCUT2D eigenvalue weighted by Gasteiger charge is 2.19. The summed E-state index contributed by atoms with van der Waals surface area (Å²) in [5.41, 5.74) is 0.942. The summed E-state index contributed by atoms with van der Waals surface area (Å²) in [7, 11) is 1.10. The monoisotopic (exact) mass is 296 g/mol. The fraction of sp³-hybridized carbons (Fsp3) is 0.286. The van der Waals surface area contributed by atoms with E-state index in [1.807, 2.05) is 0 Å². The number of nitrogens with one attached hydrogen (secondary N) is 1. The molecule has 21 heavy (non-hydrogen) atoms. The van der Waals surface area contributed by atoms with Gasteiger partial charge in [-0.3, -0.25) is 0 Å². The molecule has 7 heteroatoms. The van der Waals surface area contributed by atoms with E-state index in [1.165, 1.54) is 12.1 Å². The molecule has 112 valence electrons. The molecule has 0 spiro atoms. The van der Waals surface area contributed by atoms with Gasteiger partial charge < -0.3 is 14.6 Å². The van der Waals surface area contributed by atoms with Gasteiger partial charge in [-0.25, -0.2) is 13.6 Å². The maximum Gasteiger partial charge on any atom is 0.340 e. The highest BCUT2D eigenvalue weighted by atomic mass is 19.2. The molecule has 1 heterocycles. The summed E-state index contributed by atoms with van der Waals surface area (Å²) >= 11 is 0. The molecular formula is C14H14F2N2O3. The minimum atomic E-state index is -1.24. The first kappa shape index (κ1) is 15.0. The van der Waals surface area contributed by atoms with Crippen molar-refractivity contribution < 1.29 is 22.8 Å². The van der Waals surface area contributed by atoms with Crippen LogP contribution in [0.3, 0.4) is 0 Å². The van der Waals surface area contributed by atoms with E-state index in [0.717, 1.165) is 12.7 Å². The van der Waals surface area contributed by atoms with Crippen molar-refractivity contribution in [2.75, 3.05) is 12.4 Å². The van der Waals surface area contributed by atoms with Crippen molar-refractivity contribution in [3.8, 4) is 0 Å². The van der Waals surface area contributed by atoms with E-state index in [9.17, 15) is 13.6 Å². The number of methoxy groups -OCH3 is 1. The van der Waals surface area contributed by atoms with Crippen LogP contribution in [0, 0.1) is 25.5 Å². The van der Waals surface area contributed by atoms with Gasteiger partial charge in [0.1, 0.15) is 5.76 Å². The second kappa shape index (κ2) is 5.90. The van der Waals surface area contributed by atoms with Gasteiger partial charge in [0.15, 0.2) is 11.6 Å². The SMILES string of the molecule is COC(=O)c1ccc(NCc2c(C)noc2C)c(F)c1F. The molecule has 1 N–H and O–H groups in total. The number of rotatable bonds is 4. The number of benzene rings is 1. The van der Waals surface area contributed by atoms with Crippen molar-refractivity contribution in [3.63, 3.8) is 0 Å². The summed E-state index contributed by atoms with van der Waals surface area (Å²) < 4.78 is 37.0. The normalized spacial score (nSPS) is 10.5. The van der Waals surface area contributed by atoms with Crippen LogP contribution in [0.4, 0.5) is 14.5 Å². The first-order chi connectivity index (χ1) is 9.95. The van der Waals surface area contributed by atoms with Gasteiger partial charge in [-0.05, 0) is 26.0 Å². The van der Waals surface area contributed by atoms with Gasteiger partial charge in [-0.15, -0.1) is 0 Å². The molecule has 1 aromatic heterocycles. The van der Waals surface area contributed by atoms with Crippen molar-refractivity contribution >= 4 is 11.7 Å². The van der Waals surface area contributed by atoms with Crippen molar-refractivity contribution in [2.24, 2.45) is 0 Å². The summed E-state index contributed by atoms with van der Waals surface area (Å²) in [5.74, 6) is -2.70. The molecule has 0 radical (unpaired) electrons. The molecule has 0 bridgehead atoms. The number of carbonyl (C=O) groups is 1. The lowest BCUT2D eigenvalue weighted by Gasteiger charge is -2.09. The topological polar surface area (TPSA) is 64.4 Å². The molecule has 0 aliphatic rings. The molecule has 2 rings (SSSR count). The standard InChI is InChI=1S/C14H14F2N2O3/c1-7-10(8(2)21-18-7)6-17-11-5-4-9(14(19)20-3)12(15)13(11)16/h4-5,17H,6H2,1-3H3. The molecule has 0 aliphatic carbocycles. The number of aryl methyl sites for hydroxylation is 2. The zero-order valence-electron chi connectivity index (χ0n) is 11.8. The highest BCUT2D eigenvalue weighted by molar-refractivity contribution is 5.90. The van der Waals surface area contributed by atoms with E-state index in [1.54, 1.807) is 13.8 Å². The third-order valence-corrected chi connectivity index (χ3v) is 3.12. The van der Waals surface area contributed by atoms with E-state index in [2.05, 4.69) is 15.2 Å². The molecule has 0 fully saturated rings. The van der Waals surface area contributed by atoms with E-state index >= 15 is 0 Å². The Labute approximate surface area is 119 Å². The first-order valence-electron chi connectivity index (χ1n) is 6.17. The zero-order valence-corrected chi connectivity index (χ0v) is 11.8. The minimum Gasteiger partial charge on any atom is -0.465 e. The van der Waals surface area contributed by atoms with Crippen molar-refractivity contribution in [1.29, 1.82) is 0 Å². The fourth-order valence-electron chi connectivity index (χ4n) is 1.89. The average molecular weight is 296 g/mol. The summed E-state index contributed by atoms with van der Waals surface area (Å²) in [5, 5.41) is 6.53. The van der Waals surface area contributed by atoms with Gasteiger partial charge in [0.2, 0.25) is 0 Å². The quantitative estimate of drug-likeness (QED) is 0.879. The molecule has 0 atom stereocenters. The molecule has 0 amide bonds. The molecule has 5 nitrogen and oxygen atoms in total. The second-order valence-electron chi connectivity index (χ2n) is 4.44. The van der Waals surface area contributed by atoms with Gasteiger partial charge >= 0.3 is 5.97 Å². The molecule has 0 aliphatic heterocycles. The number of hydrogen-bond acceptors (Lipinski definition) is 5. The zero-order chi connectivity index (χ0) is 15.6. The van der Waals surface area contributed by atoms with Crippen molar-refractivity contribution in [1.82, 2.24) is 5.16 Å². The number of aromatic nitrogens is 1. The maximum absolute atomic E-state index is 13.9. The van der Waals surface area contributed by atoms with Crippen LogP contribution in [-0.4, -0.2) is 18.2 Å². The Morgan fingerprint density at radius 2 is 2.05 bits per heavy atom. The number of ether oxygens (including phenoxy) is 1. The minimum absolute atomic E-state index is 0.0554. The number of esters is 1. The molecule has 0 saturated carbocycles. The van der Waals surface area contributed by atoms with Crippen molar-refractivity contribution in [2.45, 2.75) is 20.4 Å². The van der Waals surface area contributed by atoms with Crippen LogP contribution in [-0.2, 0) is 11.3 Å². The molecule has 0 saturated heterocycles. The summed E-state index contributed by atoms with van der Waals surface area (Å²) in [4.78, 5) is 11.3. The van der Waals surface area contributed by atoms with Gasteiger partial charge in [-0.2, -0.15) is 0 Å². The number of hydrogen-bond donors (Lipinski definition) is 1. The van der Waals surface area contributed by atoms with Gasteiger partial charge in [-0.1, -0.05) is 5.16 Å². The number of nitrogens with zero attached hydrogens (tertiary/aromatic N) is 1. The van der Waals surface area contributed by atoms with Gasteiger partial charge in [0.25, 0.3) is 0 Å². The van der Waals surface area contributed by atoms with Crippen LogP contribution in [0.25, 0.3) is 0 Å². The lowest BCUT2D eigenvalue weighted by Crippen LogP contribution is -2.09. The molecule has 2 aromatic rings. The second-order valence-corrected chi connectivity index (χ2v) is 4.44. The van der Waals surface area contributed by atoms with E-state index in [4.69, 9.17) is 4.52 Å². The van der Waals surface area contributed by atoms with Crippen LogP contribution in [0.2, 0.25) is 0 Å². The summed E-state index contributed by atoms with van der Waals surface area (Å²) in [6.07, 6.45) is 0. The highest BCUT2D eigenvalue weighted by Crippen LogP contribution is 2.23. The van der Waals surface area contributed by atoms with Crippen LogP contribution in [0.1, 0.15) is 27.4 Å². The Bertz CT molecular complexity index is 664. The van der Waals surface area contributed by atoms with Crippen LogP contribution >= 0.6 is 0 Å². The fourth-order valence-corrected chi connectivity index (χ4v) is 1.89. The molecular weight excluding hydrogens is 282 g/mol. The summed E-state index contributed by atoms with van der Waals surface area (Å²) in [6, 6.07) is 2.45. The summed E-state index contributed by atoms with van der Waals surface area (Å²) in [6.45, 7) is 3.72. The third kappa shape index (κ3) is 2.86. The Hall–Kier alpha value is -2.44. The first-order valence-corrected chi connectivity index (χ1v) is 6.17. The van der Waals surface area contributed by atoms with Crippen LogP contribution in [0.15, 0.2) is 16.7 Å². The van der Waals surface area contributed by atoms with Gasteiger partial charge in [0.05, 0.1) is 24.1 Å². The van der Waals surface area contributed by atoms with Gasteiger partial charge in [0, 0.05) is 12.1 Å². The molecule has 1 aromatic carbocycles. The third-order valence-electron chi connectivity index (χ3n) is 3.12. The lowest BCUT2D eigenvalue weighted by atomic mass is 10.1. The van der Waals surface area contributed by atoms with Crippen LogP contribution < -0.4 is 5.32 Å². The Balaban J connectivity index is 2.22. The average Bonchev–Trinajstić information content (AvgIpc) is 2.79. The number of anilines is 1. The predicted molar refractivity (Wildman–Crippen MR) is 71.0 cm³/mol. The Morgan fingerprint density at radius 3 is 2.62 bits per heavy atom. The predicted octanol–water partition coefficient (Wildman–Crippen LogP) is 2.97. The number of halogens is 2. The van der Waals surface area contributed by atoms with Crippen LogP contribution in [0.5, 0.6) is 0 Å². The molecule has 0 unspecified atom stereocenters. The maximum atomic E-state index is 13.9. The van der Waals surface area contributed by atoms with Crippen molar-refractivity contribution in [3.05, 3.63) is 46.3 Å². The van der Waals surface area contributed by atoms with E-state index < -0.39 is 23.2 Å². The Kier molecular flexibility index (Phi) is 4.21. The van der Waals surface area contributed by atoms with E-state index in [0.29, 0.717) is 11.5 Å². The largest absolute Gasteiger partial charge is 0.465 e. The smallest absolute Gasteiger partial charge is 0.340 e. The lowest BCUT2D eigenvalue weighted by molar-refractivity contribution is 0.0594. The van der Waals surface area contributed by atoms with E-state index in [-0.39, 0.29) is 12.2 Å².